The van der Waals surface area contributed by atoms with Crippen LogP contribution in [0.5, 0.6) is 0 Å². The van der Waals surface area contributed by atoms with Crippen molar-refractivity contribution in [2.24, 2.45) is 0 Å². The van der Waals surface area contributed by atoms with Gasteiger partial charge < -0.3 is 20.1 Å². The van der Waals surface area contributed by atoms with Crippen LogP contribution in [-0.2, 0) is 6.18 Å². The lowest BCUT2D eigenvalue weighted by molar-refractivity contribution is -0.137. The molecule has 0 unspecified atom stereocenters. The second kappa shape index (κ2) is 6.92. The molecule has 0 spiro atoms. The number of aliphatic hydroxyl groups excluding tert-OH is 1. The fraction of sp³-hybridized carbons (Fsp3) is 0.278. The predicted molar refractivity (Wildman–Crippen MR) is 99.1 cm³/mol. The first-order chi connectivity index (χ1) is 13.7. The minimum Gasteiger partial charge on any atom is -0.391 e. The number of hydrogen-bond donors (Lipinski definition) is 3. The largest absolute Gasteiger partial charge is 0.419 e. The fourth-order valence-electron chi connectivity index (χ4n) is 3.20. The van der Waals surface area contributed by atoms with Crippen LogP contribution in [-0.4, -0.2) is 49.6 Å². The number of anilines is 2. The molecule has 1 saturated heterocycles. The first-order valence-electron chi connectivity index (χ1n) is 8.76. The number of nitrogens with zero attached hydrogens (tertiary/aromatic N) is 4. The molecule has 1 atom stereocenters. The lowest BCUT2D eigenvalue weighted by Crippen LogP contribution is -2.33. The molecule has 3 aromatic heterocycles. The van der Waals surface area contributed by atoms with Crippen LogP contribution in [0, 0.1) is 0 Å². The number of pyridine rings is 2. The van der Waals surface area contributed by atoms with Gasteiger partial charge >= 0.3 is 12.2 Å². The summed E-state index contributed by atoms with van der Waals surface area (Å²) in [4.78, 5) is 21.6. The van der Waals surface area contributed by atoms with Crippen LogP contribution in [0.1, 0.15) is 12.0 Å². The third-order valence-corrected chi connectivity index (χ3v) is 4.69. The van der Waals surface area contributed by atoms with Crippen molar-refractivity contribution in [3.63, 3.8) is 0 Å². The SMILES string of the molecule is Nc1ncc(-c2ccc3nc(NC(=O)N4CC[C@H](O)C4)cn3c2)cc1C(F)(F)F. The van der Waals surface area contributed by atoms with E-state index in [9.17, 15) is 23.1 Å². The molecular formula is C18H17F3N6O2. The number of imidazole rings is 1. The van der Waals surface area contributed by atoms with Crippen molar-refractivity contribution in [3.05, 3.63) is 42.4 Å². The molecule has 1 aliphatic heterocycles. The van der Waals surface area contributed by atoms with Gasteiger partial charge in [-0.1, -0.05) is 0 Å². The zero-order valence-electron chi connectivity index (χ0n) is 15.0. The highest BCUT2D eigenvalue weighted by Crippen LogP contribution is 2.35. The molecule has 0 radical (unpaired) electrons. The molecule has 152 valence electrons. The molecule has 0 aliphatic carbocycles. The van der Waals surface area contributed by atoms with E-state index in [0.29, 0.717) is 30.0 Å². The van der Waals surface area contributed by atoms with Crippen LogP contribution in [0.2, 0.25) is 0 Å². The number of carbonyl (C=O) groups is 1. The molecule has 29 heavy (non-hydrogen) atoms. The van der Waals surface area contributed by atoms with E-state index in [-0.39, 0.29) is 18.1 Å². The Hall–Kier alpha value is -3.34. The van der Waals surface area contributed by atoms with Gasteiger partial charge in [0.15, 0.2) is 5.82 Å². The molecular weight excluding hydrogens is 389 g/mol. The van der Waals surface area contributed by atoms with Crippen LogP contribution < -0.4 is 11.1 Å². The average molecular weight is 406 g/mol. The van der Waals surface area contributed by atoms with Gasteiger partial charge in [0, 0.05) is 36.6 Å². The highest BCUT2D eigenvalue weighted by atomic mass is 19.4. The summed E-state index contributed by atoms with van der Waals surface area (Å²) in [5, 5.41) is 12.2. The third-order valence-electron chi connectivity index (χ3n) is 4.69. The maximum absolute atomic E-state index is 13.1. The zero-order chi connectivity index (χ0) is 20.8. The number of nitrogens with two attached hydrogens (primary N) is 1. The van der Waals surface area contributed by atoms with Crippen LogP contribution in [0.15, 0.2) is 36.8 Å². The number of likely N-dealkylation sites (tertiary alicyclic amines) is 1. The molecule has 3 aromatic rings. The lowest BCUT2D eigenvalue weighted by Gasteiger charge is -2.14. The number of nitrogen functional groups attached to an aromatic ring is 1. The number of halogens is 3. The van der Waals surface area contributed by atoms with E-state index < -0.39 is 23.7 Å². The Morgan fingerprint density at radius 1 is 1.28 bits per heavy atom. The standard InChI is InChI=1S/C18H17F3N6O2/c19-18(20,21)13-5-11(6-23-16(13)22)10-1-2-15-24-14(9-27(15)7-10)25-17(29)26-4-3-12(28)8-26/h1-2,5-7,9,12,28H,3-4,8H2,(H2,22,23)(H,25,29)/t12-/m0/s1. The Labute approximate surface area is 162 Å². The number of carbonyl (C=O) groups excluding carboxylic acids is 1. The van der Waals surface area contributed by atoms with Crippen LogP contribution in [0.3, 0.4) is 0 Å². The molecule has 0 bridgehead atoms. The number of aliphatic hydroxyl groups is 1. The summed E-state index contributed by atoms with van der Waals surface area (Å²) < 4.78 is 40.8. The Morgan fingerprint density at radius 2 is 2.07 bits per heavy atom. The number of hydrogen-bond acceptors (Lipinski definition) is 5. The minimum atomic E-state index is -4.60. The molecule has 1 fully saturated rings. The number of urea groups is 1. The molecule has 0 aromatic carbocycles. The highest BCUT2D eigenvalue weighted by Gasteiger charge is 2.34. The summed E-state index contributed by atoms with van der Waals surface area (Å²) in [5.41, 5.74) is 5.58. The fourth-order valence-corrected chi connectivity index (χ4v) is 3.20. The number of nitrogens with one attached hydrogen (secondary N) is 1. The summed E-state index contributed by atoms with van der Waals surface area (Å²) in [5.74, 6) is -0.290. The highest BCUT2D eigenvalue weighted by molar-refractivity contribution is 5.89. The van der Waals surface area contributed by atoms with Crippen molar-refractivity contribution < 1.29 is 23.1 Å². The van der Waals surface area contributed by atoms with Gasteiger partial charge in [-0.25, -0.2) is 14.8 Å². The van der Waals surface area contributed by atoms with Gasteiger partial charge in [-0.3, -0.25) is 5.32 Å². The van der Waals surface area contributed by atoms with Crippen molar-refractivity contribution in [3.8, 4) is 11.1 Å². The molecule has 8 nitrogen and oxygen atoms in total. The molecule has 4 heterocycles. The monoisotopic (exact) mass is 406 g/mol. The summed E-state index contributed by atoms with van der Waals surface area (Å²) in [6.07, 6.45) is -0.197. The molecule has 0 saturated carbocycles. The predicted octanol–water partition coefficient (Wildman–Crippen LogP) is 2.60. The summed E-state index contributed by atoms with van der Waals surface area (Å²) >= 11 is 0. The van der Waals surface area contributed by atoms with Crippen molar-refractivity contribution in [1.82, 2.24) is 19.3 Å². The first-order valence-corrected chi connectivity index (χ1v) is 8.76. The number of rotatable bonds is 2. The summed E-state index contributed by atoms with van der Waals surface area (Å²) in [6.45, 7) is 0.714. The van der Waals surface area contributed by atoms with Gasteiger partial charge in [-0.05, 0) is 24.6 Å². The molecule has 11 heteroatoms. The Kier molecular flexibility index (Phi) is 4.53. The quantitative estimate of drug-likeness (QED) is 0.606. The van der Waals surface area contributed by atoms with Crippen LogP contribution in [0.4, 0.5) is 29.6 Å². The van der Waals surface area contributed by atoms with E-state index in [1.165, 1.54) is 11.1 Å². The van der Waals surface area contributed by atoms with E-state index in [2.05, 4.69) is 15.3 Å². The third kappa shape index (κ3) is 3.81. The van der Waals surface area contributed by atoms with E-state index in [0.717, 1.165) is 6.07 Å². The number of β-amino-alcohol motifs (C(OH)–C–C–N with tert-alkyl or cyclic N) is 1. The van der Waals surface area contributed by atoms with Gasteiger partial charge in [0.1, 0.15) is 11.5 Å². The van der Waals surface area contributed by atoms with Crippen molar-refractivity contribution in [2.45, 2.75) is 18.7 Å². The van der Waals surface area contributed by atoms with Crippen LogP contribution >= 0.6 is 0 Å². The molecule has 1 aliphatic rings. The Bertz CT molecular complexity index is 1080. The minimum absolute atomic E-state index is 0.249. The smallest absolute Gasteiger partial charge is 0.391 e. The normalized spacial score (nSPS) is 17.1. The first kappa shape index (κ1) is 19.0. The number of aromatic nitrogens is 3. The van der Waals surface area contributed by atoms with Gasteiger partial charge in [-0.2, -0.15) is 13.2 Å². The van der Waals surface area contributed by atoms with E-state index in [4.69, 9.17) is 5.73 Å². The maximum Gasteiger partial charge on any atom is 0.419 e. The topological polar surface area (TPSA) is 109 Å². The summed E-state index contributed by atoms with van der Waals surface area (Å²) in [7, 11) is 0. The lowest BCUT2D eigenvalue weighted by atomic mass is 10.1. The van der Waals surface area contributed by atoms with Crippen LogP contribution in [0.25, 0.3) is 16.8 Å². The summed E-state index contributed by atoms with van der Waals surface area (Å²) in [6, 6.07) is 3.80. The second-order valence-electron chi connectivity index (χ2n) is 6.78. The molecule has 2 amide bonds. The Morgan fingerprint density at radius 3 is 2.76 bits per heavy atom. The molecule has 4 rings (SSSR count). The van der Waals surface area contributed by atoms with Crippen molar-refractivity contribution in [1.29, 1.82) is 0 Å². The van der Waals surface area contributed by atoms with Crippen molar-refractivity contribution in [2.75, 3.05) is 24.1 Å². The van der Waals surface area contributed by atoms with E-state index in [1.807, 2.05) is 0 Å². The number of amides is 2. The molecule has 4 N–H and O–H groups in total. The number of alkyl halides is 3. The average Bonchev–Trinajstić information content (AvgIpc) is 3.26. The second-order valence-corrected chi connectivity index (χ2v) is 6.78. The Balaban J connectivity index is 1.60. The maximum atomic E-state index is 13.1. The van der Waals surface area contributed by atoms with E-state index in [1.54, 1.807) is 28.9 Å². The van der Waals surface area contributed by atoms with Gasteiger partial charge in [0.05, 0.1) is 17.9 Å². The van der Waals surface area contributed by atoms with Gasteiger partial charge in [0.25, 0.3) is 0 Å². The van der Waals surface area contributed by atoms with Gasteiger partial charge in [0.2, 0.25) is 0 Å². The van der Waals surface area contributed by atoms with E-state index >= 15 is 0 Å². The van der Waals surface area contributed by atoms with Crippen molar-refractivity contribution >= 4 is 23.3 Å². The number of fused-ring (bicyclic) bond motifs is 1. The van der Waals surface area contributed by atoms with Gasteiger partial charge in [-0.15, -0.1) is 0 Å². The zero-order valence-corrected chi connectivity index (χ0v) is 15.0.